The molecule has 7 heteroatoms. The second-order valence-corrected chi connectivity index (χ2v) is 4.92. The molecule has 0 spiro atoms. The fraction of sp³-hybridized carbons (Fsp3) is 0.188. The van der Waals surface area contributed by atoms with Crippen LogP contribution < -0.4 is 11.1 Å². The largest absolute Gasteiger partial charge is 0.375 e. The van der Waals surface area contributed by atoms with Crippen molar-refractivity contribution in [2.24, 2.45) is 5.73 Å². The van der Waals surface area contributed by atoms with E-state index in [0.29, 0.717) is 12.4 Å². The predicted octanol–water partition coefficient (Wildman–Crippen LogP) is 2.79. The molecule has 4 N–H and O–H groups in total. The molecule has 3 aromatic rings. The average Bonchev–Trinajstić information content (AvgIpc) is 3.06. The number of benzene rings is 1. The summed E-state index contributed by atoms with van der Waals surface area (Å²) in [6, 6.07) is 13.8. The molecule has 6 nitrogen and oxygen atoms in total. The first-order valence-electron chi connectivity index (χ1n) is 7.21. The number of rotatable bonds is 6. The Balaban J connectivity index is 0.00000192. The number of para-hydroxylation sites is 1. The summed E-state index contributed by atoms with van der Waals surface area (Å²) in [6.45, 7) is 0.565. The molecular weight excluding hydrogens is 312 g/mol. The normalized spacial score (nSPS) is 11.5. The second-order valence-electron chi connectivity index (χ2n) is 4.92. The van der Waals surface area contributed by atoms with Crippen molar-refractivity contribution in [1.29, 1.82) is 0 Å². The predicted molar refractivity (Wildman–Crippen MR) is 93.3 cm³/mol. The Kier molecular flexibility index (Phi) is 6.08. The van der Waals surface area contributed by atoms with Crippen molar-refractivity contribution in [1.82, 2.24) is 20.2 Å². The van der Waals surface area contributed by atoms with E-state index in [-0.39, 0.29) is 18.4 Å². The van der Waals surface area contributed by atoms with Crippen LogP contribution in [-0.4, -0.2) is 26.7 Å². The summed E-state index contributed by atoms with van der Waals surface area (Å²) in [5.41, 5.74) is 7.69. The molecule has 2 heterocycles. The number of nitrogens with one attached hydrogen (secondary N) is 2. The van der Waals surface area contributed by atoms with Crippen LogP contribution in [0.4, 0.5) is 5.69 Å². The Hall–Kier alpha value is -2.44. The van der Waals surface area contributed by atoms with E-state index in [0.717, 1.165) is 23.5 Å². The van der Waals surface area contributed by atoms with E-state index in [1.807, 2.05) is 42.5 Å². The van der Waals surface area contributed by atoms with Gasteiger partial charge in [-0.15, -0.1) is 12.4 Å². The SMILES string of the molecule is Cl.NCCC(Nc1ccccc1)c1nc(-c2ccncc2)n[nH]1. The van der Waals surface area contributed by atoms with Crippen LogP contribution in [0.1, 0.15) is 18.3 Å². The van der Waals surface area contributed by atoms with E-state index in [2.05, 4.69) is 25.5 Å². The first kappa shape index (κ1) is 16.9. The summed E-state index contributed by atoms with van der Waals surface area (Å²) in [5, 5.41) is 10.7. The quantitative estimate of drug-likeness (QED) is 0.646. The molecule has 0 amide bonds. The van der Waals surface area contributed by atoms with Gasteiger partial charge in [-0.25, -0.2) is 4.98 Å². The zero-order valence-electron chi connectivity index (χ0n) is 12.5. The van der Waals surface area contributed by atoms with Gasteiger partial charge in [0, 0.05) is 23.6 Å². The van der Waals surface area contributed by atoms with Gasteiger partial charge in [0.1, 0.15) is 5.82 Å². The Labute approximate surface area is 141 Å². The molecule has 0 radical (unpaired) electrons. The molecule has 2 aromatic heterocycles. The van der Waals surface area contributed by atoms with Crippen molar-refractivity contribution in [2.45, 2.75) is 12.5 Å². The van der Waals surface area contributed by atoms with Crippen LogP contribution in [0.15, 0.2) is 54.9 Å². The minimum atomic E-state index is -0.00418. The molecule has 1 aromatic carbocycles. The Morgan fingerprint density at radius 3 is 2.52 bits per heavy atom. The van der Waals surface area contributed by atoms with Gasteiger partial charge in [0.25, 0.3) is 0 Å². The van der Waals surface area contributed by atoms with Crippen LogP contribution in [0.2, 0.25) is 0 Å². The Morgan fingerprint density at radius 2 is 1.83 bits per heavy atom. The van der Waals surface area contributed by atoms with Gasteiger partial charge < -0.3 is 11.1 Å². The fourth-order valence-corrected chi connectivity index (χ4v) is 2.24. The number of H-pyrrole nitrogens is 1. The molecule has 0 saturated heterocycles. The maximum Gasteiger partial charge on any atom is 0.181 e. The van der Waals surface area contributed by atoms with Crippen LogP contribution in [0.3, 0.4) is 0 Å². The number of nitrogens with zero attached hydrogens (tertiary/aromatic N) is 3. The minimum Gasteiger partial charge on any atom is -0.375 e. The fourth-order valence-electron chi connectivity index (χ4n) is 2.24. The average molecular weight is 331 g/mol. The molecule has 0 aliphatic carbocycles. The topological polar surface area (TPSA) is 92.5 Å². The van der Waals surface area contributed by atoms with Crippen molar-refractivity contribution in [3.63, 3.8) is 0 Å². The molecule has 0 saturated carbocycles. The third-order valence-corrected chi connectivity index (χ3v) is 3.34. The molecular formula is C16H19ClN6. The number of hydrogen-bond acceptors (Lipinski definition) is 5. The van der Waals surface area contributed by atoms with E-state index in [4.69, 9.17) is 5.73 Å². The number of anilines is 1. The molecule has 23 heavy (non-hydrogen) atoms. The van der Waals surface area contributed by atoms with Crippen LogP contribution in [0.25, 0.3) is 11.4 Å². The first-order valence-corrected chi connectivity index (χ1v) is 7.21. The van der Waals surface area contributed by atoms with Gasteiger partial charge in [-0.1, -0.05) is 18.2 Å². The summed E-state index contributed by atoms with van der Waals surface area (Å²) in [4.78, 5) is 8.59. The van der Waals surface area contributed by atoms with Crippen molar-refractivity contribution in [3.05, 3.63) is 60.7 Å². The third kappa shape index (κ3) is 4.28. The zero-order chi connectivity index (χ0) is 15.2. The molecule has 0 bridgehead atoms. The van der Waals surface area contributed by atoms with E-state index >= 15 is 0 Å². The van der Waals surface area contributed by atoms with Crippen LogP contribution in [0.5, 0.6) is 0 Å². The molecule has 120 valence electrons. The van der Waals surface area contributed by atoms with Gasteiger partial charge in [-0.05, 0) is 37.2 Å². The molecule has 1 unspecified atom stereocenters. The number of aromatic nitrogens is 4. The van der Waals surface area contributed by atoms with Gasteiger partial charge in [0.2, 0.25) is 0 Å². The van der Waals surface area contributed by atoms with Crippen LogP contribution >= 0.6 is 12.4 Å². The third-order valence-electron chi connectivity index (χ3n) is 3.34. The molecule has 3 rings (SSSR count). The second kappa shape index (κ2) is 8.26. The van der Waals surface area contributed by atoms with Gasteiger partial charge in [-0.3, -0.25) is 10.1 Å². The maximum absolute atomic E-state index is 5.73. The lowest BCUT2D eigenvalue weighted by Gasteiger charge is -2.16. The standard InChI is InChI=1S/C16H18N6.ClH/c17-9-6-14(19-13-4-2-1-3-5-13)16-20-15(21-22-16)12-7-10-18-11-8-12;/h1-5,7-8,10-11,14,19H,6,9,17H2,(H,20,21,22);1H. The molecule has 0 aliphatic rings. The van der Waals surface area contributed by atoms with Gasteiger partial charge >= 0.3 is 0 Å². The van der Waals surface area contributed by atoms with Crippen LogP contribution in [-0.2, 0) is 0 Å². The van der Waals surface area contributed by atoms with Crippen LogP contribution in [0, 0.1) is 0 Å². The van der Waals surface area contributed by atoms with Crippen molar-refractivity contribution < 1.29 is 0 Å². The highest BCUT2D eigenvalue weighted by Crippen LogP contribution is 2.21. The highest BCUT2D eigenvalue weighted by atomic mass is 35.5. The molecule has 1 atom stereocenters. The summed E-state index contributed by atoms with van der Waals surface area (Å²) < 4.78 is 0. The summed E-state index contributed by atoms with van der Waals surface area (Å²) in [7, 11) is 0. The summed E-state index contributed by atoms with van der Waals surface area (Å²) >= 11 is 0. The minimum absolute atomic E-state index is 0. The highest BCUT2D eigenvalue weighted by Gasteiger charge is 2.16. The van der Waals surface area contributed by atoms with Gasteiger partial charge in [0.05, 0.1) is 6.04 Å². The van der Waals surface area contributed by atoms with E-state index in [1.54, 1.807) is 12.4 Å². The van der Waals surface area contributed by atoms with Gasteiger partial charge in [0.15, 0.2) is 5.82 Å². The number of pyridine rings is 1. The Bertz CT molecular complexity index is 701. The monoisotopic (exact) mass is 330 g/mol. The van der Waals surface area contributed by atoms with Gasteiger partial charge in [-0.2, -0.15) is 5.10 Å². The van der Waals surface area contributed by atoms with Crippen molar-refractivity contribution in [2.75, 3.05) is 11.9 Å². The smallest absolute Gasteiger partial charge is 0.181 e. The lowest BCUT2D eigenvalue weighted by Crippen LogP contribution is -2.16. The number of hydrogen-bond donors (Lipinski definition) is 3. The van der Waals surface area contributed by atoms with Crippen molar-refractivity contribution >= 4 is 18.1 Å². The number of aromatic amines is 1. The zero-order valence-corrected chi connectivity index (χ0v) is 13.3. The molecule has 0 aliphatic heterocycles. The maximum atomic E-state index is 5.73. The Morgan fingerprint density at radius 1 is 1.09 bits per heavy atom. The number of nitrogens with two attached hydrogens (primary N) is 1. The van der Waals surface area contributed by atoms with Crippen molar-refractivity contribution in [3.8, 4) is 11.4 Å². The summed E-state index contributed by atoms with van der Waals surface area (Å²) in [6.07, 6.45) is 4.22. The van der Waals surface area contributed by atoms with E-state index in [1.165, 1.54) is 0 Å². The van der Waals surface area contributed by atoms with E-state index in [9.17, 15) is 0 Å². The highest BCUT2D eigenvalue weighted by molar-refractivity contribution is 5.85. The first-order chi connectivity index (χ1) is 10.9. The summed E-state index contributed by atoms with van der Waals surface area (Å²) in [5.74, 6) is 1.44. The number of halogens is 1. The van der Waals surface area contributed by atoms with E-state index < -0.39 is 0 Å². The lowest BCUT2D eigenvalue weighted by atomic mass is 10.1. The lowest BCUT2D eigenvalue weighted by molar-refractivity contribution is 0.663. The molecule has 0 fully saturated rings.